The van der Waals surface area contributed by atoms with Crippen molar-refractivity contribution >= 4 is 23.3 Å². The number of hydrogen-bond donors (Lipinski definition) is 3. The van der Waals surface area contributed by atoms with E-state index in [2.05, 4.69) is 10.6 Å². The second-order valence-electron chi connectivity index (χ2n) is 3.99. The Morgan fingerprint density at radius 3 is 2.83 bits per heavy atom. The summed E-state index contributed by atoms with van der Waals surface area (Å²) in [6.45, 7) is 2.43. The van der Waals surface area contributed by atoms with Gasteiger partial charge in [0.1, 0.15) is 0 Å². The zero-order valence-corrected chi connectivity index (χ0v) is 11.1. The molecule has 0 saturated heterocycles. The quantitative estimate of drug-likeness (QED) is 0.710. The number of carbonyl (C=O) groups is 2. The fourth-order valence-electron chi connectivity index (χ4n) is 1.60. The van der Waals surface area contributed by atoms with E-state index in [4.69, 9.17) is 5.11 Å². The maximum Gasteiger partial charge on any atom is 0.315 e. The molecular weight excluding hydrogens is 252 g/mol. The molecule has 6 heteroatoms. The van der Waals surface area contributed by atoms with Crippen LogP contribution in [0.2, 0.25) is 0 Å². The Bertz CT molecular complexity index is 379. The summed E-state index contributed by atoms with van der Waals surface area (Å²) in [4.78, 5) is 23.3. The van der Waals surface area contributed by atoms with E-state index < -0.39 is 5.97 Å². The molecule has 1 aromatic rings. The van der Waals surface area contributed by atoms with Crippen molar-refractivity contribution in [2.24, 2.45) is 0 Å². The zero-order chi connectivity index (χ0) is 13.4. The third-order valence-electron chi connectivity index (χ3n) is 2.40. The van der Waals surface area contributed by atoms with Crippen LogP contribution in [0.1, 0.15) is 31.1 Å². The van der Waals surface area contributed by atoms with Gasteiger partial charge in [-0.1, -0.05) is 19.4 Å². The number of urea groups is 1. The van der Waals surface area contributed by atoms with E-state index in [1.54, 1.807) is 11.3 Å². The van der Waals surface area contributed by atoms with Crippen LogP contribution in [0, 0.1) is 0 Å². The highest BCUT2D eigenvalue weighted by Gasteiger charge is 2.14. The van der Waals surface area contributed by atoms with E-state index in [1.807, 2.05) is 24.4 Å². The lowest BCUT2D eigenvalue weighted by atomic mass is 10.1. The summed E-state index contributed by atoms with van der Waals surface area (Å²) in [6, 6.07) is 3.23. The van der Waals surface area contributed by atoms with E-state index >= 15 is 0 Å². The van der Waals surface area contributed by atoms with Crippen LogP contribution >= 0.6 is 11.3 Å². The molecule has 0 aliphatic carbocycles. The van der Waals surface area contributed by atoms with Crippen molar-refractivity contribution in [1.29, 1.82) is 0 Å². The summed E-state index contributed by atoms with van der Waals surface area (Å²) in [7, 11) is 0. The smallest absolute Gasteiger partial charge is 0.315 e. The van der Waals surface area contributed by atoms with Gasteiger partial charge in [-0.2, -0.15) is 0 Å². The van der Waals surface area contributed by atoms with Crippen LogP contribution < -0.4 is 10.6 Å². The number of thiophene rings is 1. The van der Waals surface area contributed by atoms with Crippen molar-refractivity contribution in [3.63, 3.8) is 0 Å². The topological polar surface area (TPSA) is 78.4 Å². The molecule has 1 atom stereocenters. The molecule has 0 fully saturated rings. The lowest BCUT2D eigenvalue weighted by Gasteiger charge is -2.16. The number of aliphatic carboxylic acids is 1. The van der Waals surface area contributed by atoms with Crippen molar-refractivity contribution in [1.82, 2.24) is 10.6 Å². The molecule has 5 nitrogen and oxygen atoms in total. The molecule has 1 rings (SSSR count). The molecule has 0 aliphatic heterocycles. The summed E-state index contributed by atoms with van der Waals surface area (Å²) in [5.41, 5.74) is 0. The summed E-state index contributed by atoms with van der Waals surface area (Å²) < 4.78 is 0. The summed E-state index contributed by atoms with van der Waals surface area (Å²) in [6.07, 6.45) is 1.46. The van der Waals surface area contributed by atoms with Crippen LogP contribution in [0.25, 0.3) is 0 Å². The first-order valence-corrected chi connectivity index (χ1v) is 6.78. The molecule has 18 heavy (non-hydrogen) atoms. The zero-order valence-electron chi connectivity index (χ0n) is 10.3. The van der Waals surface area contributed by atoms with Gasteiger partial charge < -0.3 is 15.7 Å². The van der Waals surface area contributed by atoms with Gasteiger partial charge in [0, 0.05) is 10.9 Å². The fraction of sp³-hybridized carbons (Fsp3) is 0.500. The average Bonchev–Trinajstić information content (AvgIpc) is 2.78. The van der Waals surface area contributed by atoms with E-state index in [0.717, 1.165) is 11.3 Å². The number of amides is 2. The SMILES string of the molecule is CCCC(CC(=O)O)NC(=O)NCc1cccs1. The van der Waals surface area contributed by atoms with Gasteiger partial charge >= 0.3 is 12.0 Å². The predicted octanol–water partition coefficient (Wildman–Crippen LogP) is 2.19. The van der Waals surface area contributed by atoms with Gasteiger partial charge in [0.25, 0.3) is 0 Å². The summed E-state index contributed by atoms with van der Waals surface area (Å²) in [5.74, 6) is -0.896. The fourth-order valence-corrected chi connectivity index (χ4v) is 2.25. The average molecular weight is 270 g/mol. The van der Waals surface area contributed by atoms with E-state index in [1.165, 1.54) is 0 Å². The molecule has 0 saturated carbocycles. The van der Waals surface area contributed by atoms with Crippen LogP contribution in [-0.4, -0.2) is 23.1 Å². The number of rotatable bonds is 7. The van der Waals surface area contributed by atoms with E-state index in [9.17, 15) is 9.59 Å². The minimum Gasteiger partial charge on any atom is -0.481 e. The van der Waals surface area contributed by atoms with Gasteiger partial charge in [0.05, 0.1) is 13.0 Å². The van der Waals surface area contributed by atoms with Crippen LogP contribution in [-0.2, 0) is 11.3 Å². The molecule has 0 radical (unpaired) electrons. The highest BCUT2D eigenvalue weighted by atomic mass is 32.1. The molecule has 0 aliphatic rings. The normalized spacial score (nSPS) is 11.8. The summed E-state index contributed by atoms with van der Waals surface area (Å²) in [5, 5.41) is 16.1. The second kappa shape index (κ2) is 7.71. The van der Waals surface area contributed by atoms with Crippen LogP contribution in [0.4, 0.5) is 4.79 Å². The first-order valence-electron chi connectivity index (χ1n) is 5.90. The number of carbonyl (C=O) groups excluding carboxylic acids is 1. The van der Waals surface area contributed by atoms with E-state index in [0.29, 0.717) is 13.0 Å². The van der Waals surface area contributed by atoms with Crippen molar-refractivity contribution in [2.75, 3.05) is 0 Å². The Balaban J connectivity index is 2.33. The monoisotopic (exact) mass is 270 g/mol. The van der Waals surface area contributed by atoms with Gasteiger partial charge in [-0.15, -0.1) is 11.3 Å². The van der Waals surface area contributed by atoms with Crippen LogP contribution in [0.3, 0.4) is 0 Å². The molecule has 2 amide bonds. The molecule has 1 heterocycles. The lowest BCUT2D eigenvalue weighted by molar-refractivity contribution is -0.137. The van der Waals surface area contributed by atoms with Gasteiger partial charge in [0.15, 0.2) is 0 Å². The summed E-state index contributed by atoms with van der Waals surface area (Å²) >= 11 is 1.57. The molecule has 0 spiro atoms. The number of nitrogens with one attached hydrogen (secondary N) is 2. The number of hydrogen-bond acceptors (Lipinski definition) is 3. The number of carboxylic acids is 1. The maximum absolute atomic E-state index is 11.6. The largest absolute Gasteiger partial charge is 0.481 e. The Morgan fingerprint density at radius 2 is 2.28 bits per heavy atom. The molecule has 3 N–H and O–H groups in total. The van der Waals surface area contributed by atoms with Crippen LogP contribution in [0.5, 0.6) is 0 Å². The minimum atomic E-state index is -0.896. The first-order chi connectivity index (χ1) is 8.61. The van der Waals surface area contributed by atoms with Crippen LogP contribution in [0.15, 0.2) is 17.5 Å². The molecule has 0 aromatic carbocycles. The highest BCUT2D eigenvalue weighted by molar-refractivity contribution is 7.09. The van der Waals surface area contributed by atoms with Crippen molar-refractivity contribution in [2.45, 2.75) is 38.8 Å². The Kier molecular flexibility index (Phi) is 6.21. The molecule has 1 unspecified atom stereocenters. The van der Waals surface area contributed by atoms with Gasteiger partial charge in [-0.3, -0.25) is 4.79 Å². The standard InChI is InChI=1S/C12H18N2O3S/c1-2-4-9(7-11(15)16)14-12(17)13-8-10-5-3-6-18-10/h3,5-6,9H,2,4,7-8H2,1H3,(H,15,16)(H2,13,14,17). The number of carboxylic acid groups (broad SMARTS) is 1. The first kappa shape index (κ1) is 14.5. The minimum absolute atomic E-state index is 0.0414. The van der Waals surface area contributed by atoms with E-state index in [-0.39, 0.29) is 18.5 Å². The lowest BCUT2D eigenvalue weighted by Crippen LogP contribution is -2.42. The van der Waals surface area contributed by atoms with Gasteiger partial charge in [-0.25, -0.2) is 4.79 Å². The van der Waals surface area contributed by atoms with Crippen molar-refractivity contribution in [3.8, 4) is 0 Å². The van der Waals surface area contributed by atoms with Gasteiger partial charge in [-0.05, 0) is 17.9 Å². The maximum atomic E-state index is 11.6. The molecule has 1 aromatic heterocycles. The molecule has 0 bridgehead atoms. The third-order valence-corrected chi connectivity index (χ3v) is 3.27. The Labute approximate surface area is 110 Å². The van der Waals surface area contributed by atoms with Crippen molar-refractivity contribution in [3.05, 3.63) is 22.4 Å². The Morgan fingerprint density at radius 1 is 1.50 bits per heavy atom. The van der Waals surface area contributed by atoms with Crippen molar-refractivity contribution < 1.29 is 14.7 Å². The molecular formula is C12H18N2O3S. The second-order valence-corrected chi connectivity index (χ2v) is 5.02. The molecule has 100 valence electrons. The highest BCUT2D eigenvalue weighted by Crippen LogP contribution is 2.07. The Hall–Kier alpha value is -1.56. The third kappa shape index (κ3) is 5.67. The predicted molar refractivity (Wildman–Crippen MR) is 70.6 cm³/mol. The van der Waals surface area contributed by atoms with Gasteiger partial charge in [0.2, 0.25) is 0 Å².